The van der Waals surface area contributed by atoms with Crippen molar-refractivity contribution in [2.75, 3.05) is 0 Å². The highest BCUT2D eigenvalue weighted by Crippen LogP contribution is 2.21. The molecular formula is C18H19N3O2. The Balaban J connectivity index is 1.65. The van der Waals surface area contributed by atoms with Crippen LogP contribution < -0.4 is 10.6 Å². The van der Waals surface area contributed by atoms with E-state index in [-0.39, 0.29) is 17.9 Å². The molecule has 0 radical (unpaired) electrons. The van der Waals surface area contributed by atoms with Gasteiger partial charge in [0, 0.05) is 18.8 Å². The topological polar surface area (TPSA) is 71.1 Å². The number of rotatable bonds is 4. The SMILES string of the molecule is C[C@H](NC(=O)[C@@H]1CCC(=O)N1)c1ccc(-c2cccnc2)cc1. The minimum atomic E-state index is -0.403. The van der Waals surface area contributed by atoms with Crippen LogP contribution >= 0.6 is 0 Å². The Labute approximate surface area is 135 Å². The van der Waals surface area contributed by atoms with Crippen LogP contribution in [0.15, 0.2) is 48.8 Å². The first kappa shape index (κ1) is 15.2. The summed E-state index contributed by atoms with van der Waals surface area (Å²) in [4.78, 5) is 27.4. The molecule has 1 aromatic carbocycles. The molecule has 2 heterocycles. The lowest BCUT2D eigenvalue weighted by atomic mass is 10.0. The summed E-state index contributed by atoms with van der Waals surface area (Å²) >= 11 is 0. The molecule has 2 N–H and O–H groups in total. The molecule has 0 spiro atoms. The highest BCUT2D eigenvalue weighted by atomic mass is 16.2. The molecule has 1 aromatic heterocycles. The van der Waals surface area contributed by atoms with Crippen molar-refractivity contribution in [3.63, 3.8) is 0 Å². The molecule has 2 atom stereocenters. The molecule has 23 heavy (non-hydrogen) atoms. The van der Waals surface area contributed by atoms with E-state index in [9.17, 15) is 9.59 Å². The Morgan fingerprint density at radius 2 is 2.04 bits per heavy atom. The van der Waals surface area contributed by atoms with Crippen LogP contribution in [-0.4, -0.2) is 22.8 Å². The lowest BCUT2D eigenvalue weighted by Crippen LogP contribution is -2.42. The molecule has 0 bridgehead atoms. The zero-order valence-corrected chi connectivity index (χ0v) is 13.0. The molecule has 1 aliphatic heterocycles. The molecule has 1 aliphatic rings. The number of nitrogens with one attached hydrogen (secondary N) is 2. The maximum absolute atomic E-state index is 12.1. The predicted octanol–water partition coefficient (Wildman–Crippen LogP) is 2.20. The Morgan fingerprint density at radius 3 is 2.65 bits per heavy atom. The van der Waals surface area contributed by atoms with E-state index in [0.29, 0.717) is 12.8 Å². The highest BCUT2D eigenvalue weighted by Gasteiger charge is 2.27. The van der Waals surface area contributed by atoms with Crippen molar-refractivity contribution < 1.29 is 9.59 Å². The summed E-state index contributed by atoms with van der Waals surface area (Å²) in [7, 11) is 0. The Morgan fingerprint density at radius 1 is 1.26 bits per heavy atom. The van der Waals surface area contributed by atoms with Crippen LogP contribution in [-0.2, 0) is 9.59 Å². The minimum Gasteiger partial charge on any atom is -0.348 e. The third-order valence-corrected chi connectivity index (χ3v) is 4.08. The molecule has 5 heteroatoms. The fourth-order valence-electron chi connectivity index (χ4n) is 2.71. The molecular weight excluding hydrogens is 290 g/mol. The van der Waals surface area contributed by atoms with Gasteiger partial charge in [0.15, 0.2) is 0 Å². The van der Waals surface area contributed by atoms with Crippen LogP contribution in [0, 0.1) is 0 Å². The average Bonchev–Trinajstić information content (AvgIpc) is 3.02. The molecule has 0 saturated carbocycles. The van der Waals surface area contributed by atoms with Crippen LogP contribution in [0.5, 0.6) is 0 Å². The van der Waals surface area contributed by atoms with Crippen molar-refractivity contribution in [3.8, 4) is 11.1 Å². The number of carbonyl (C=O) groups is 2. The van der Waals surface area contributed by atoms with Crippen molar-refractivity contribution >= 4 is 11.8 Å². The van der Waals surface area contributed by atoms with E-state index >= 15 is 0 Å². The number of benzene rings is 1. The minimum absolute atomic E-state index is 0.0568. The van der Waals surface area contributed by atoms with Gasteiger partial charge in [0.1, 0.15) is 6.04 Å². The normalized spacial score (nSPS) is 18.3. The molecule has 0 aliphatic carbocycles. The second kappa shape index (κ2) is 6.60. The summed E-state index contributed by atoms with van der Waals surface area (Å²) in [6.07, 6.45) is 4.56. The highest BCUT2D eigenvalue weighted by molar-refractivity contribution is 5.90. The lowest BCUT2D eigenvalue weighted by molar-refractivity contribution is -0.126. The van der Waals surface area contributed by atoms with E-state index in [1.54, 1.807) is 6.20 Å². The van der Waals surface area contributed by atoms with Gasteiger partial charge in [-0.25, -0.2) is 0 Å². The van der Waals surface area contributed by atoms with Crippen molar-refractivity contribution in [3.05, 3.63) is 54.4 Å². The van der Waals surface area contributed by atoms with Crippen LogP contribution in [0.2, 0.25) is 0 Å². The number of carbonyl (C=O) groups excluding carboxylic acids is 2. The van der Waals surface area contributed by atoms with Gasteiger partial charge in [-0.2, -0.15) is 0 Å². The number of hydrogen-bond donors (Lipinski definition) is 2. The average molecular weight is 309 g/mol. The maximum Gasteiger partial charge on any atom is 0.243 e. The number of nitrogens with zero attached hydrogens (tertiary/aromatic N) is 1. The lowest BCUT2D eigenvalue weighted by Gasteiger charge is -2.17. The summed E-state index contributed by atoms with van der Waals surface area (Å²) in [5.41, 5.74) is 3.17. The van der Waals surface area contributed by atoms with Crippen molar-refractivity contribution in [2.24, 2.45) is 0 Å². The second-order valence-corrected chi connectivity index (χ2v) is 5.75. The summed E-state index contributed by atoms with van der Waals surface area (Å²) in [5, 5.41) is 5.64. The third-order valence-electron chi connectivity index (χ3n) is 4.08. The number of aromatic nitrogens is 1. The number of pyridine rings is 1. The van der Waals surface area contributed by atoms with E-state index in [2.05, 4.69) is 15.6 Å². The predicted molar refractivity (Wildman–Crippen MR) is 87.4 cm³/mol. The molecule has 2 amide bonds. The first-order valence-corrected chi connectivity index (χ1v) is 7.73. The first-order valence-electron chi connectivity index (χ1n) is 7.73. The van der Waals surface area contributed by atoms with Gasteiger partial charge in [0.05, 0.1) is 6.04 Å². The number of hydrogen-bond acceptors (Lipinski definition) is 3. The first-order chi connectivity index (χ1) is 11.1. The van der Waals surface area contributed by atoms with E-state index in [1.165, 1.54) is 0 Å². The fraction of sp³-hybridized carbons (Fsp3) is 0.278. The zero-order chi connectivity index (χ0) is 16.2. The van der Waals surface area contributed by atoms with E-state index in [4.69, 9.17) is 0 Å². The summed E-state index contributed by atoms with van der Waals surface area (Å²) in [6, 6.07) is 11.4. The van der Waals surface area contributed by atoms with Gasteiger partial charge >= 0.3 is 0 Å². The van der Waals surface area contributed by atoms with Crippen LogP contribution in [0.4, 0.5) is 0 Å². The van der Waals surface area contributed by atoms with E-state index in [0.717, 1.165) is 16.7 Å². The third kappa shape index (κ3) is 3.56. The smallest absolute Gasteiger partial charge is 0.243 e. The van der Waals surface area contributed by atoms with E-state index < -0.39 is 6.04 Å². The van der Waals surface area contributed by atoms with Gasteiger partial charge in [-0.1, -0.05) is 30.3 Å². The summed E-state index contributed by atoms with van der Waals surface area (Å²) in [6.45, 7) is 1.94. The molecule has 5 nitrogen and oxygen atoms in total. The second-order valence-electron chi connectivity index (χ2n) is 5.75. The van der Waals surface area contributed by atoms with Gasteiger partial charge in [0.25, 0.3) is 0 Å². The van der Waals surface area contributed by atoms with E-state index in [1.807, 2.05) is 49.5 Å². The Kier molecular flexibility index (Phi) is 4.37. The van der Waals surface area contributed by atoms with Gasteiger partial charge in [-0.15, -0.1) is 0 Å². The quantitative estimate of drug-likeness (QED) is 0.909. The molecule has 1 saturated heterocycles. The monoisotopic (exact) mass is 309 g/mol. The zero-order valence-electron chi connectivity index (χ0n) is 13.0. The molecule has 118 valence electrons. The Bertz CT molecular complexity index is 698. The maximum atomic E-state index is 12.1. The van der Waals surface area contributed by atoms with Crippen LogP contribution in [0.25, 0.3) is 11.1 Å². The molecule has 1 fully saturated rings. The molecule has 2 aromatic rings. The molecule has 0 unspecified atom stereocenters. The Hall–Kier alpha value is -2.69. The summed E-state index contributed by atoms with van der Waals surface area (Å²) in [5.74, 6) is -0.182. The fourth-order valence-corrected chi connectivity index (χ4v) is 2.71. The van der Waals surface area contributed by atoms with Crippen molar-refractivity contribution in [1.29, 1.82) is 0 Å². The van der Waals surface area contributed by atoms with Gasteiger partial charge < -0.3 is 10.6 Å². The standard InChI is InChI=1S/C18H19N3O2/c1-12(20-18(23)16-8-9-17(22)21-16)13-4-6-14(7-5-13)15-3-2-10-19-11-15/h2-7,10-12,16H,8-9H2,1H3,(H,20,23)(H,21,22)/t12-,16-/m0/s1. The summed E-state index contributed by atoms with van der Waals surface area (Å²) < 4.78 is 0. The van der Waals surface area contributed by atoms with Gasteiger partial charge in [-0.3, -0.25) is 14.6 Å². The largest absolute Gasteiger partial charge is 0.348 e. The van der Waals surface area contributed by atoms with Gasteiger partial charge in [0.2, 0.25) is 11.8 Å². The van der Waals surface area contributed by atoms with Crippen LogP contribution in [0.3, 0.4) is 0 Å². The van der Waals surface area contributed by atoms with Crippen molar-refractivity contribution in [2.45, 2.75) is 31.8 Å². The van der Waals surface area contributed by atoms with Crippen LogP contribution in [0.1, 0.15) is 31.4 Å². The number of amides is 2. The van der Waals surface area contributed by atoms with Gasteiger partial charge in [-0.05, 0) is 36.1 Å². The molecule has 3 rings (SSSR count). The van der Waals surface area contributed by atoms with Crippen molar-refractivity contribution in [1.82, 2.24) is 15.6 Å².